The lowest BCUT2D eigenvalue weighted by Crippen LogP contribution is -2.52. The number of guanidine groups is 1. The normalized spacial score (nSPS) is 15.7. The van der Waals surface area contributed by atoms with Crippen molar-refractivity contribution in [3.8, 4) is 22.4 Å². The Labute approximate surface area is 210 Å². The molecule has 7 rings (SSSR count). The van der Waals surface area contributed by atoms with Crippen LogP contribution in [0.4, 0.5) is 5.82 Å². The van der Waals surface area contributed by atoms with Crippen LogP contribution in [0.5, 0.6) is 0 Å². The van der Waals surface area contributed by atoms with Gasteiger partial charge in [0.2, 0.25) is 5.96 Å². The van der Waals surface area contributed by atoms with Crippen molar-refractivity contribution in [3.63, 3.8) is 0 Å². The van der Waals surface area contributed by atoms with Crippen LogP contribution >= 0.6 is 0 Å². The third-order valence-electron chi connectivity index (χ3n) is 7.22. The summed E-state index contributed by atoms with van der Waals surface area (Å²) in [6, 6.07) is 32.0. The van der Waals surface area contributed by atoms with Gasteiger partial charge in [-0.05, 0) is 48.2 Å². The van der Waals surface area contributed by atoms with Crippen molar-refractivity contribution in [2.75, 3.05) is 31.1 Å². The summed E-state index contributed by atoms with van der Waals surface area (Å²) in [7, 11) is 0. The molecule has 5 nitrogen and oxygen atoms in total. The Kier molecular flexibility index (Phi) is 5.12. The predicted octanol–water partition coefficient (Wildman–Crippen LogP) is 6.39. The van der Waals surface area contributed by atoms with E-state index in [1.165, 1.54) is 11.1 Å². The smallest absolute Gasteiger partial charge is 0.202 e. The third kappa shape index (κ3) is 3.68. The molecule has 0 unspecified atom stereocenters. The van der Waals surface area contributed by atoms with Crippen molar-refractivity contribution in [2.24, 2.45) is 4.99 Å². The highest BCUT2D eigenvalue weighted by atomic mass is 15.4. The third-order valence-corrected chi connectivity index (χ3v) is 7.22. The van der Waals surface area contributed by atoms with E-state index in [0.717, 1.165) is 83.9 Å². The number of fused-ring (bicyclic) bond motifs is 4. The average molecular weight is 470 g/mol. The molecule has 0 bridgehead atoms. The number of hydrogen-bond acceptors (Lipinski definition) is 5. The summed E-state index contributed by atoms with van der Waals surface area (Å²) in [6.07, 6.45) is 2.25. The van der Waals surface area contributed by atoms with Gasteiger partial charge in [0.15, 0.2) is 0 Å². The quantitative estimate of drug-likeness (QED) is 0.287. The number of aliphatic imine (C=N–C) groups is 1. The van der Waals surface area contributed by atoms with Gasteiger partial charge in [-0.2, -0.15) is 0 Å². The second-order valence-electron chi connectivity index (χ2n) is 9.55. The van der Waals surface area contributed by atoms with Gasteiger partial charge in [-0.25, -0.2) is 9.97 Å². The maximum Gasteiger partial charge on any atom is 0.202 e. The zero-order chi connectivity index (χ0) is 23.9. The van der Waals surface area contributed by atoms with E-state index >= 15 is 0 Å². The second-order valence-corrected chi connectivity index (χ2v) is 9.55. The molecule has 0 N–H and O–H groups in total. The van der Waals surface area contributed by atoms with Crippen LogP contribution in [0.3, 0.4) is 0 Å². The minimum Gasteiger partial charge on any atom is -0.342 e. The molecule has 5 aromatic rings. The molecule has 2 aliphatic heterocycles. The van der Waals surface area contributed by atoms with Gasteiger partial charge in [-0.15, -0.1) is 0 Å². The lowest BCUT2D eigenvalue weighted by molar-refractivity contribution is 0.359. The van der Waals surface area contributed by atoms with Gasteiger partial charge < -0.3 is 4.90 Å². The number of hydrogen-bond donors (Lipinski definition) is 0. The molecule has 0 amide bonds. The van der Waals surface area contributed by atoms with Crippen LogP contribution in [0.2, 0.25) is 0 Å². The molecular weight excluding hydrogens is 442 g/mol. The molecule has 2 aliphatic rings. The van der Waals surface area contributed by atoms with Gasteiger partial charge in [-0.1, -0.05) is 66.7 Å². The van der Waals surface area contributed by atoms with Crippen LogP contribution in [0.1, 0.15) is 12.8 Å². The SMILES string of the molecule is c1ccc(-c2cccc(-c3ccc4ccc5ccc(N6CCCN7CCCN=C76)nc5c4n3)c2)cc1. The number of benzene rings is 3. The maximum absolute atomic E-state index is 5.17. The molecular formula is C31H27N5. The first-order valence-electron chi connectivity index (χ1n) is 12.8. The van der Waals surface area contributed by atoms with Crippen molar-refractivity contribution < 1.29 is 0 Å². The number of aromatic nitrogens is 2. The van der Waals surface area contributed by atoms with Crippen LogP contribution in [0, 0.1) is 0 Å². The fraction of sp³-hybridized carbons (Fsp3) is 0.194. The number of rotatable bonds is 3. The van der Waals surface area contributed by atoms with E-state index < -0.39 is 0 Å². The largest absolute Gasteiger partial charge is 0.342 e. The average Bonchev–Trinajstić information content (AvgIpc) is 2.97. The Bertz CT molecular complexity index is 1610. The van der Waals surface area contributed by atoms with Gasteiger partial charge in [0.1, 0.15) is 5.82 Å². The van der Waals surface area contributed by atoms with Gasteiger partial charge in [0.05, 0.1) is 16.7 Å². The fourth-order valence-corrected chi connectivity index (χ4v) is 5.40. The highest BCUT2D eigenvalue weighted by Gasteiger charge is 2.27. The topological polar surface area (TPSA) is 44.6 Å². The van der Waals surface area contributed by atoms with E-state index in [4.69, 9.17) is 15.0 Å². The van der Waals surface area contributed by atoms with Gasteiger partial charge in [0, 0.05) is 42.5 Å². The predicted molar refractivity (Wildman–Crippen MR) is 148 cm³/mol. The summed E-state index contributed by atoms with van der Waals surface area (Å²) < 4.78 is 0. The summed E-state index contributed by atoms with van der Waals surface area (Å²) >= 11 is 0. The van der Waals surface area contributed by atoms with Crippen molar-refractivity contribution in [1.82, 2.24) is 14.9 Å². The van der Waals surface area contributed by atoms with Crippen LogP contribution in [-0.2, 0) is 0 Å². The molecule has 0 spiro atoms. The molecule has 0 aliphatic carbocycles. The molecule has 3 aromatic carbocycles. The fourth-order valence-electron chi connectivity index (χ4n) is 5.40. The molecule has 36 heavy (non-hydrogen) atoms. The highest BCUT2D eigenvalue weighted by Crippen LogP contribution is 2.31. The molecule has 1 fully saturated rings. The summed E-state index contributed by atoms with van der Waals surface area (Å²) in [5, 5.41) is 2.21. The van der Waals surface area contributed by atoms with E-state index in [0.29, 0.717) is 0 Å². The minimum atomic E-state index is 0.895. The molecule has 5 heteroatoms. The summed E-state index contributed by atoms with van der Waals surface area (Å²) in [4.78, 5) is 19.9. The number of pyridine rings is 2. The Morgan fingerprint density at radius 3 is 2.19 bits per heavy atom. The standard InChI is InChI=1S/C31H27N5/c1-2-7-22(8-3-1)25-9-4-10-26(21-25)27-15-13-23-11-12-24-14-16-28(34-30(24)29(23)33-27)36-20-6-19-35-18-5-17-32-31(35)36/h1-4,7-16,21H,5-6,17-20H2. The molecule has 0 radical (unpaired) electrons. The first-order valence-corrected chi connectivity index (χ1v) is 12.8. The summed E-state index contributed by atoms with van der Waals surface area (Å²) in [6.45, 7) is 4.01. The van der Waals surface area contributed by atoms with Crippen molar-refractivity contribution in [1.29, 1.82) is 0 Å². The first kappa shape index (κ1) is 21.1. The molecule has 2 aromatic heterocycles. The number of nitrogens with zero attached hydrogens (tertiary/aromatic N) is 5. The van der Waals surface area contributed by atoms with Gasteiger partial charge >= 0.3 is 0 Å². The zero-order valence-electron chi connectivity index (χ0n) is 20.1. The highest BCUT2D eigenvalue weighted by molar-refractivity contribution is 6.05. The summed E-state index contributed by atoms with van der Waals surface area (Å²) in [5.74, 6) is 2.03. The lowest BCUT2D eigenvalue weighted by atomic mass is 10.0. The van der Waals surface area contributed by atoms with Crippen molar-refractivity contribution in [3.05, 3.63) is 91.0 Å². The van der Waals surface area contributed by atoms with E-state index in [2.05, 4.69) is 94.7 Å². The van der Waals surface area contributed by atoms with Crippen LogP contribution in [0.15, 0.2) is 96.0 Å². The van der Waals surface area contributed by atoms with Crippen LogP contribution in [0.25, 0.3) is 44.2 Å². The monoisotopic (exact) mass is 469 g/mol. The van der Waals surface area contributed by atoms with Crippen LogP contribution < -0.4 is 4.90 Å². The second kappa shape index (κ2) is 8.76. The van der Waals surface area contributed by atoms with Gasteiger partial charge in [-0.3, -0.25) is 9.89 Å². The molecule has 4 heterocycles. The zero-order valence-corrected chi connectivity index (χ0v) is 20.1. The first-order chi connectivity index (χ1) is 17.8. The van der Waals surface area contributed by atoms with Crippen molar-refractivity contribution >= 4 is 33.6 Å². The molecule has 0 atom stereocenters. The Balaban J connectivity index is 1.33. The van der Waals surface area contributed by atoms with E-state index in [9.17, 15) is 0 Å². The lowest BCUT2D eigenvalue weighted by Gasteiger charge is -2.40. The molecule has 1 saturated heterocycles. The van der Waals surface area contributed by atoms with E-state index in [1.54, 1.807) is 0 Å². The number of anilines is 1. The molecule has 0 saturated carbocycles. The maximum atomic E-state index is 5.17. The molecule has 176 valence electrons. The summed E-state index contributed by atoms with van der Waals surface area (Å²) in [5.41, 5.74) is 6.35. The van der Waals surface area contributed by atoms with Crippen molar-refractivity contribution in [2.45, 2.75) is 12.8 Å². The Morgan fingerprint density at radius 2 is 1.31 bits per heavy atom. The van der Waals surface area contributed by atoms with Crippen LogP contribution in [-0.4, -0.2) is 47.0 Å². The Morgan fingerprint density at radius 1 is 0.583 bits per heavy atom. The minimum absolute atomic E-state index is 0.895. The van der Waals surface area contributed by atoms with E-state index in [1.807, 2.05) is 6.07 Å². The van der Waals surface area contributed by atoms with Gasteiger partial charge in [0.25, 0.3) is 0 Å². The Hall–Kier alpha value is -4.25. The van der Waals surface area contributed by atoms with E-state index in [-0.39, 0.29) is 0 Å².